The second kappa shape index (κ2) is 4.35. The van der Waals surface area contributed by atoms with E-state index in [0.29, 0.717) is 18.8 Å². The molecule has 0 aliphatic carbocycles. The predicted octanol–water partition coefficient (Wildman–Crippen LogP) is 2.82. The first-order chi connectivity index (χ1) is 8.00. The summed E-state index contributed by atoms with van der Waals surface area (Å²) in [6, 6.07) is 4.96. The zero-order valence-electron chi connectivity index (χ0n) is 10.4. The summed E-state index contributed by atoms with van der Waals surface area (Å²) in [5.41, 5.74) is 1.33. The molecule has 0 spiro atoms. The summed E-state index contributed by atoms with van der Waals surface area (Å²) in [6.07, 6.45) is 0. The minimum atomic E-state index is -0.320. The third-order valence-electron chi connectivity index (χ3n) is 3.15. The monoisotopic (exact) mass is 236 g/mol. The summed E-state index contributed by atoms with van der Waals surface area (Å²) < 4.78 is 14.0. The van der Waals surface area contributed by atoms with Crippen LogP contribution < -0.4 is 4.90 Å². The van der Waals surface area contributed by atoms with Crippen molar-refractivity contribution in [1.82, 2.24) is 4.90 Å². The average Bonchev–Trinajstić information content (AvgIpc) is 2.60. The van der Waals surface area contributed by atoms with Crippen LogP contribution >= 0.6 is 0 Å². The number of carbonyl (C=O) groups excluding carboxylic acids is 1. The van der Waals surface area contributed by atoms with Crippen molar-refractivity contribution in [2.45, 2.75) is 19.8 Å². The Hall–Kier alpha value is -1.58. The Morgan fingerprint density at radius 3 is 2.47 bits per heavy atom. The fourth-order valence-corrected chi connectivity index (χ4v) is 1.97. The van der Waals surface area contributed by atoms with Crippen LogP contribution in [0.3, 0.4) is 0 Å². The number of urea groups is 1. The molecule has 1 heterocycles. The van der Waals surface area contributed by atoms with E-state index in [-0.39, 0.29) is 17.8 Å². The van der Waals surface area contributed by atoms with Gasteiger partial charge < -0.3 is 4.90 Å². The van der Waals surface area contributed by atoms with E-state index in [1.165, 1.54) is 11.0 Å². The lowest BCUT2D eigenvalue weighted by atomic mass is 10.0. The Morgan fingerprint density at radius 2 is 2.00 bits per heavy atom. The largest absolute Gasteiger partial charge is 0.326 e. The quantitative estimate of drug-likeness (QED) is 0.774. The lowest BCUT2D eigenvalue weighted by Crippen LogP contribution is -2.29. The fraction of sp³-hybridized carbons (Fsp3) is 0.462. The van der Waals surface area contributed by atoms with Crippen LogP contribution in [0.1, 0.15) is 25.3 Å². The molecular formula is C13H17FN2O. The Kier molecular flexibility index (Phi) is 3.05. The van der Waals surface area contributed by atoms with Crippen molar-refractivity contribution in [3.8, 4) is 0 Å². The smallest absolute Gasteiger partial charge is 0.324 e. The molecule has 1 aromatic carbocycles. The summed E-state index contributed by atoms with van der Waals surface area (Å²) in [4.78, 5) is 14.8. The highest BCUT2D eigenvalue weighted by molar-refractivity contribution is 5.94. The first kappa shape index (κ1) is 11.9. The number of rotatable bonds is 2. The molecule has 0 aromatic heterocycles. The van der Waals surface area contributed by atoms with Gasteiger partial charge in [-0.25, -0.2) is 9.18 Å². The van der Waals surface area contributed by atoms with E-state index in [2.05, 4.69) is 0 Å². The molecule has 0 atom stereocenters. The van der Waals surface area contributed by atoms with Gasteiger partial charge in [0.15, 0.2) is 0 Å². The highest BCUT2D eigenvalue weighted by atomic mass is 19.1. The van der Waals surface area contributed by atoms with Gasteiger partial charge >= 0.3 is 6.03 Å². The Morgan fingerprint density at radius 1 is 1.29 bits per heavy atom. The minimum Gasteiger partial charge on any atom is -0.326 e. The first-order valence-electron chi connectivity index (χ1n) is 5.83. The Balaban J connectivity index is 2.31. The van der Waals surface area contributed by atoms with Gasteiger partial charge in [0.05, 0.1) is 5.69 Å². The molecule has 1 fully saturated rings. The molecule has 1 aliphatic rings. The van der Waals surface area contributed by atoms with Crippen molar-refractivity contribution in [3.05, 3.63) is 29.6 Å². The normalized spacial score (nSPS) is 16.2. The first-order valence-corrected chi connectivity index (χ1v) is 5.83. The standard InChI is InChI=1S/C13H17FN2O/c1-9(2)10-4-5-12(11(14)8-10)16-7-6-15(3)13(16)17/h4-5,8-9H,6-7H2,1-3H3. The van der Waals surface area contributed by atoms with Gasteiger partial charge in [0.2, 0.25) is 0 Å². The molecule has 1 aromatic rings. The number of halogens is 1. The molecule has 4 heteroatoms. The van der Waals surface area contributed by atoms with Gasteiger partial charge in [-0.3, -0.25) is 4.90 Å². The van der Waals surface area contributed by atoms with Crippen LogP contribution in [0.5, 0.6) is 0 Å². The van der Waals surface area contributed by atoms with Gasteiger partial charge in [0.1, 0.15) is 5.82 Å². The van der Waals surface area contributed by atoms with Crippen LogP contribution in [0.25, 0.3) is 0 Å². The molecule has 0 unspecified atom stereocenters. The molecule has 0 radical (unpaired) electrons. The molecule has 2 rings (SSSR count). The molecule has 92 valence electrons. The van der Waals surface area contributed by atoms with Crippen molar-refractivity contribution >= 4 is 11.7 Å². The highest BCUT2D eigenvalue weighted by Gasteiger charge is 2.28. The van der Waals surface area contributed by atoms with Gasteiger partial charge in [-0.15, -0.1) is 0 Å². The number of hydrogen-bond acceptors (Lipinski definition) is 1. The molecule has 1 saturated heterocycles. The molecule has 1 aliphatic heterocycles. The van der Waals surface area contributed by atoms with Crippen LogP contribution in [0.2, 0.25) is 0 Å². The van der Waals surface area contributed by atoms with Crippen molar-refractivity contribution < 1.29 is 9.18 Å². The topological polar surface area (TPSA) is 23.6 Å². The molecule has 0 N–H and O–H groups in total. The summed E-state index contributed by atoms with van der Waals surface area (Å²) in [7, 11) is 1.72. The van der Waals surface area contributed by atoms with E-state index >= 15 is 0 Å². The molecule has 3 nitrogen and oxygen atoms in total. The minimum absolute atomic E-state index is 0.138. The van der Waals surface area contributed by atoms with E-state index in [0.717, 1.165) is 5.56 Å². The maximum Gasteiger partial charge on any atom is 0.324 e. The van der Waals surface area contributed by atoms with Crippen molar-refractivity contribution in [3.63, 3.8) is 0 Å². The third-order valence-corrected chi connectivity index (χ3v) is 3.15. The molecule has 0 saturated carbocycles. The second-order valence-electron chi connectivity index (χ2n) is 4.72. The summed E-state index contributed by atoms with van der Waals surface area (Å²) >= 11 is 0. The fourth-order valence-electron chi connectivity index (χ4n) is 1.97. The Bertz CT molecular complexity index is 445. The van der Waals surface area contributed by atoms with E-state index in [9.17, 15) is 9.18 Å². The molecule has 17 heavy (non-hydrogen) atoms. The van der Waals surface area contributed by atoms with Crippen LogP contribution in [0.4, 0.5) is 14.9 Å². The molecule has 2 amide bonds. The number of benzene rings is 1. The Labute approximate surface area is 101 Å². The van der Waals surface area contributed by atoms with Gasteiger partial charge in [-0.2, -0.15) is 0 Å². The van der Waals surface area contributed by atoms with E-state index in [4.69, 9.17) is 0 Å². The van der Waals surface area contributed by atoms with Gasteiger partial charge in [-0.05, 0) is 23.6 Å². The molecule has 0 bridgehead atoms. The van der Waals surface area contributed by atoms with Gasteiger partial charge in [-0.1, -0.05) is 19.9 Å². The number of nitrogens with zero attached hydrogens (tertiary/aromatic N) is 2. The number of likely N-dealkylation sites (N-methyl/N-ethyl adjacent to an activating group) is 1. The summed E-state index contributed by atoms with van der Waals surface area (Å²) in [5, 5.41) is 0. The predicted molar refractivity (Wildman–Crippen MR) is 65.9 cm³/mol. The maximum atomic E-state index is 14.0. The number of hydrogen-bond donors (Lipinski definition) is 0. The van der Waals surface area contributed by atoms with Gasteiger partial charge in [0.25, 0.3) is 0 Å². The maximum absolute atomic E-state index is 14.0. The van der Waals surface area contributed by atoms with E-state index < -0.39 is 0 Å². The summed E-state index contributed by atoms with van der Waals surface area (Å²) in [6.45, 7) is 5.23. The van der Waals surface area contributed by atoms with Crippen LogP contribution in [-0.2, 0) is 0 Å². The summed E-state index contributed by atoms with van der Waals surface area (Å²) in [5.74, 6) is -0.0321. The lowest BCUT2D eigenvalue weighted by molar-refractivity contribution is 0.229. The van der Waals surface area contributed by atoms with Crippen molar-refractivity contribution in [2.75, 3.05) is 25.0 Å². The average molecular weight is 236 g/mol. The van der Waals surface area contributed by atoms with Crippen molar-refractivity contribution in [2.24, 2.45) is 0 Å². The lowest BCUT2D eigenvalue weighted by Gasteiger charge is -2.18. The SMILES string of the molecule is CC(C)c1ccc(N2CCN(C)C2=O)c(F)c1. The van der Waals surface area contributed by atoms with Crippen LogP contribution in [-0.4, -0.2) is 31.1 Å². The number of anilines is 1. The van der Waals surface area contributed by atoms with Crippen molar-refractivity contribution in [1.29, 1.82) is 0 Å². The van der Waals surface area contributed by atoms with E-state index in [1.54, 1.807) is 18.0 Å². The molecular weight excluding hydrogens is 219 g/mol. The van der Waals surface area contributed by atoms with Crippen LogP contribution in [0.15, 0.2) is 18.2 Å². The third kappa shape index (κ3) is 2.12. The second-order valence-corrected chi connectivity index (χ2v) is 4.72. The zero-order chi connectivity index (χ0) is 12.6. The highest BCUT2D eigenvalue weighted by Crippen LogP contribution is 2.26. The number of amides is 2. The zero-order valence-corrected chi connectivity index (χ0v) is 10.4. The van der Waals surface area contributed by atoms with Gasteiger partial charge in [0, 0.05) is 20.1 Å². The number of carbonyl (C=O) groups is 1. The van der Waals surface area contributed by atoms with Crippen LogP contribution in [0, 0.1) is 5.82 Å². The van der Waals surface area contributed by atoms with E-state index in [1.807, 2.05) is 19.9 Å².